The molecule has 3 fully saturated rings. The van der Waals surface area contributed by atoms with Crippen LogP contribution < -0.4 is 0 Å². The van der Waals surface area contributed by atoms with E-state index in [0.29, 0.717) is 30.1 Å². The Morgan fingerprint density at radius 3 is 2.67 bits per heavy atom. The van der Waals surface area contributed by atoms with Crippen molar-refractivity contribution in [1.82, 2.24) is 0 Å². The first-order chi connectivity index (χ1) is 14.0. The Bertz CT molecular complexity index is 683. The fourth-order valence-corrected chi connectivity index (χ4v) is 6.74. The quantitative estimate of drug-likeness (QED) is 0.520. The minimum atomic E-state index is -0.615. The van der Waals surface area contributed by atoms with Crippen molar-refractivity contribution in [3.05, 3.63) is 35.5 Å². The number of aliphatic hydroxyl groups excluding tert-OH is 2. The van der Waals surface area contributed by atoms with Crippen LogP contribution >= 0.6 is 0 Å². The van der Waals surface area contributed by atoms with E-state index in [2.05, 4.69) is 32.6 Å². The third-order valence-electron chi connectivity index (χ3n) is 8.44. The molecular weight excluding hydrogens is 372 g/mol. The van der Waals surface area contributed by atoms with Crippen LogP contribution in [0.3, 0.4) is 0 Å². The molecule has 3 rings (SSSR count). The van der Waals surface area contributed by atoms with E-state index >= 15 is 0 Å². The van der Waals surface area contributed by atoms with Crippen molar-refractivity contribution >= 4 is 0 Å². The van der Waals surface area contributed by atoms with E-state index in [4.69, 9.17) is 0 Å². The van der Waals surface area contributed by atoms with Crippen LogP contribution in [-0.4, -0.2) is 33.1 Å². The zero-order chi connectivity index (χ0) is 22.1. The summed E-state index contributed by atoms with van der Waals surface area (Å²) in [6.07, 6.45) is 13.9. The normalized spacial score (nSPS) is 38.8. The molecule has 6 atom stereocenters. The van der Waals surface area contributed by atoms with Crippen molar-refractivity contribution in [2.24, 2.45) is 23.2 Å². The fourth-order valence-electron chi connectivity index (χ4n) is 6.74. The average Bonchev–Trinajstić information content (AvgIpc) is 3.00. The van der Waals surface area contributed by atoms with Gasteiger partial charge in [0, 0.05) is 6.42 Å². The number of fused-ring (bicyclic) bond motifs is 1. The van der Waals surface area contributed by atoms with Crippen molar-refractivity contribution < 1.29 is 15.3 Å². The summed E-state index contributed by atoms with van der Waals surface area (Å²) in [6, 6.07) is 0. The molecule has 30 heavy (non-hydrogen) atoms. The number of allylic oxidation sites excluding steroid dienone is 3. The van der Waals surface area contributed by atoms with E-state index < -0.39 is 17.8 Å². The number of rotatable bonds is 6. The summed E-state index contributed by atoms with van der Waals surface area (Å²) < 4.78 is 0. The van der Waals surface area contributed by atoms with Gasteiger partial charge in [-0.1, -0.05) is 51.0 Å². The molecule has 0 aromatic carbocycles. The number of hydrogen-bond donors (Lipinski definition) is 3. The van der Waals surface area contributed by atoms with Crippen LogP contribution in [0.1, 0.15) is 91.9 Å². The molecule has 3 aliphatic rings. The van der Waals surface area contributed by atoms with Gasteiger partial charge in [-0.15, -0.1) is 0 Å². The second kappa shape index (κ2) is 9.30. The molecule has 0 amide bonds. The molecule has 3 unspecified atom stereocenters. The minimum Gasteiger partial charge on any atom is -0.393 e. The van der Waals surface area contributed by atoms with Gasteiger partial charge < -0.3 is 15.3 Å². The predicted molar refractivity (Wildman–Crippen MR) is 124 cm³/mol. The van der Waals surface area contributed by atoms with Crippen LogP contribution in [0.5, 0.6) is 0 Å². The van der Waals surface area contributed by atoms with E-state index in [9.17, 15) is 15.3 Å². The Morgan fingerprint density at radius 1 is 1.23 bits per heavy atom. The maximum atomic E-state index is 10.1. The second-order valence-electron chi connectivity index (χ2n) is 11.3. The zero-order valence-electron chi connectivity index (χ0n) is 19.7. The molecule has 0 bridgehead atoms. The van der Waals surface area contributed by atoms with Crippen LogP contribution in [0, 0.1) is 23.2 Å². The average molecular weight is 417 g/mol. The molecule has 3 heteroatoms. The monoisotopic (exact) mass is 416 g/mol. The summed E-state index contributed by atoms with van der Waals surface area (Å²) in [5.41, 5.74) is 3.17. The number of aliphatic hydroxyl groups is 3. The molecule has 0 radical (unpaired) electrons. The van der Waals surface area contributed by atoms with Crippen molar-refractivity contribution in [1.29, 1.82) is 0 Å². The van der Waals surface area contributed by atoms with E-state index in [1.165, 1.54) is 38.5 Å². The first kappa shape index (κ1) is 23.8. The topological polar surface area (TPSA) is 60.7 Å². The molecule has 0 heterocycles. The van der Waals surface area contributed by atoms with Crippen LogP contribution in [0.25, 0.3) is 0 Å². The standard InChI is InChI=1S/C27H44O3/c1-18(8-6-14-26(3,4)30)23-12-13-24-20(9-7-15-27(23,24)5)10-11-21-16-22(28)17-25(29)19(21)2/h10-11,18,22-25,28-30H,2,6-9,12-17H2,1,3-5H3/b20-10?,21-11+/t18?,22?,23-,24+,25?,27-/m1/s1. The summed E-state index contributed by atoms with van der Waals surface area (Å²) in [4.78, 5) is 0. The van der Waals surface area contributed by atoms with Crippen molar-refractivity contribution in [2.75, 3.05) is 0 Å². The summed E-state index contributed by atoms with van der Waals surface area (Å²) in [5, 5.41) is 30.2. The summed E-state index contributed by atoms with van der Waals surface area (Å²) in [7, 11) is 0. The molecule has 3 nitrogen and oxygen atoms in total. The Hall–Kier alpha value is -0.900. The van der Waals surface area contributed by atoms with Crippen molar-refractivity contribution in [2.45, 2.75) is 110 Å². The molecule has 0 spiro atoms. The van der Waals surface area contributed by atoms with Gasteiger partial charge in [-0.3, -0.25) is 0 Å². The van der Waals surface area contributed by atoms with Gasteiger partial charge in [0.05, 0.1) is 17.8 Å². The van der Waals surface area contributed by atoms with Crippen molar-refractivity contribution in [3.8, 4) is 0 Å². The highest BCUT2D eigenvalue weighted by Crippen LogP contribution is 2.60. The SMILES string of the molecule is C=C1/C(=C/C=C2CCC[C@]3(C)[C@@H](C(C)CCCC(C)(C)O)CC[C@@H]23)CC(O)CC1O. The van der Waals surface area contributed by atoms with Crippen LogP contribution in [0.2, 0.25) is 0 Å². The highest BCUT2D eigenvalue weighted by Gasteiger charge is 2.50. The molecule has 0 aromatic rings. The zero-order valence-corrected chi connectivity index (χ0v) is 19.7. The first-order valence-electron chi connectivity index (χ1n) is 12.2. The van der Waals surface area contributed by atoms with Gasteiger partial charge in [0.1, 0.15) is 0 Å². The van der Waals surface area contributed by atoms with Gasteiger partial charge in [0.25, 0.3) is 0 Å². The van der Waals surface area contributed by atoms with Gasteiger partial charge in [-0.25, -0.2) is 0 Å². The highest BCUT2D eigenvalue weighted by molar-refractivity contribution is 5.38. The van der Waals surface area contributed by atoms with E-state index in [0.717, 1.165) is 29.9 Å². The molecule has 0 aromatic heterocycles. The Labute approximate surface area is 184 Å². The number of hydrogen-bond acceptors (Lipinski definition) is 3. The third-order valence-corrected chi connectivity index (χ3v) is 8.44. The minimum absolute atomic E-state index is 0.374. The largest absolute Gasteiger partial charge is 0.393 e. The van der Waals surface area contributed by atoms with Gasteiger partial charge in [0.15, 0.2) is 0 Å². The van der Waals surface area contributed by atoms with Gasteiger partial charge in [-0.2, -0.15) is 0 Å². The fraction of sp³-hybridized carbons (Fsp3) is 0.778. The molecule has 170 valence electrons. The highest BCUT2D eigenvalue weighted by atomic mass is 16.3. The molecule has 0 saturated heterocycles. The second-order valence-corrected chi connectivity index (χ2v) is 11.3. The summed E-state index contributed by atoms with van der Waals surface area (Å²) >= 11 is 0. The predicted octanol–water partition coefficient (Wildman–Crippen LogP) is 5.70. The van der Waals surface area contributed by atoms with Crippen molar-refractivity contribution in [3.63, 3.8) is 0 Å². The van der Waals surface area contributed by atoms with Crippen LogP contribution in [0.15, 0.2) is 35.5 Å². The molecular formula is C27H44O3. The third kappa shape index (κ3) is 5.29. The molecule has 3 N–H and O–H groups in total. The lowest BCUT2D eigenvalue weighted by Crippen LogP contribution is -2.36. The molecule has 0 aliphatic heterocycles. The van der Waals surface area contributed by atoms with E-state index in [1.807, 2.05) is 13.8 Å². The Balaban J connectivity index is 1.70. The van der Waals surface area contributed by atoms with Gasteiger partial charge in [0.2, 0.25) is 0 Å². The van der Waals surface area contributed by atoms with E-state index in [1.54, 1.807) is 5.57 Å². The molecule has 3 saturated carbocycles. The lowest BCUT2D eigenvalue weighted by molar-refractivity contribution is 0.0596. The van der Waals surface area contributed by atoms with Gasteiger partial charge in [-0.05, 0) is 93.1 Å². The lowest BCUT2D eigenvalue weighted by Gasteiger charge is -2.44. The maximum absolute atomic E-state index is 10.1. The summed E-state index contributed by atoms with van der Waals surface area (Å²) in [6.45, 7) is 12.8. The van der Waals surface area contributed by atoms with Crippen LogP contribution in [-0.2, 0) is 0 Å². The molecule has 3 aliphatic carbocycles. The smallest absolute Gasteiger partial charge is 0.0811 e. The first-order valence-corrected chi connectivity index (χ1v) is 12.2. The maximum Gasteiger partial charge on any atom is 0.0811 e. The Kier molecular flexibility index (Phi) is 7.37. The Morgan fingerprint density at radius 2 is 1.97 bits per heavy atom. The van der Waals surface area contributed by atoms with Crippen LogP contribution in [0.4, 0.5) is 0 Å². The van der Waals surface area contributed by atoms with Gasteiger partial charge >= 0.3 is 0 Å². The van der Waals surface area contributed by atoms with E-state index in [-0.39, 0.29) is 0 Å². The summed E-state index contributed by atoms with van der Waals surface area (Å²) in [5.74, 6) is 2.11. The lowest BCUT2D eigenvalue weighted by atomic mass is 9.60.